The zero-order valence-corrected chi connectivity index (χ0v) is 15.4. The normalized spacial score (nSPS) is 11.5. The molecule has 0 aliphatic rings. The van der Waals surface area contributed by atoms with Gasteiger partial charge in [0.15, 0.2) is 0 Å². The summed E-state index contributed by atoms with van der Waals surface area (Å²) in [6.45, 7) is 2.15. The highest BCUT2D eigenvalue weighted by Gasteiger charge is 2.09. The molecule has 0 atom stereocenters. The van der Waals surface area contributed by atoms with Crippen LogP contribution in [0.1, 0.15) is 12.6 Å². The van der Waals surface area contributed by atoms with Crippen LogP contribution in [0, 0.1) is 0 Å². The summed E-state index contributed by atoms with van der Waals surface area (Å²) in [6, 6.07) is 21.2. The summed E-state index contributed by atoms with van der Waals surface area (Å²) >= 11 is 0. The molecule has 4 nitrogen and oxygen atoms in total. The van der Waals surface area contributed by atoms with Crippen molar-refractivity contribution >= 4 is 16.6 Å². The summed E-state index contributed by atoms with van der Waals surface area (Å²) in [5.41, 5.74) is 7.80. The number of rotatable bonds is 3. The minimum absolute atomic E-state index is 0.949. The van der Waals surface area contributed by atoms with E-state index in [2.05, 4.69) is 60.7 Å². The van der Waals surface area contributed by atoms with Crippen LogP contribution < -0.4 is 0 Å². The molecular formula is C23H20N4. The second-order valence-electron chi connectivity index (χ2n) is 6.83. The van der Waals surface area contributed by atoms with Gasteiger partial charge in [-0.05, 0) is 35.7 Å². The van der Waals surface area contributed by atoms with E-state index < -0.39 is 0 Å². The van der Waals surface area contributed by atoms with Gasteiger partial charge < -0.3 is 4.40 Å². The standard InChI is InChI=1S/C23H20N4/c1-3-20-19-12-11-18(14-22(19)26(2)25-20)16-7-9-17(10-8-16)21-15-27-13-5-4-6-23(27)24-21/h4-15H,3H2,1-2H3. The highest BCUT2D eigenvalue weighted by molar-refractivity contribution is 5.87. The molecule has 0 bridgehead atoms. The Balaban J connectivity index is 1.53. The summed E-state index contributed by atoms with van der Waals surface area (Å²) in [6.07, 6.45) is 5.04. The van der Waals surface area contributed by atoms with Crippen LogP contribution in [-0.4, -0.2) is 19.2 Å². The number of fused-ring (bicyclic) bond motifs is 2. The van der Waals surface area contributed by atoms with E-state index in [1.807, 2.05) is 40.5 Å². The van der Waals surface area contributed by atoms with Crippen molar-refractivity contribution < 1.29 is 0 Å². The van der Waals surface area contributed by atoms with E-state index in [9.17, 15) is 0 Å². The number of aromatic nitrogens is 4. The molecule has 0 saturated carbocycles. The van der Waals surface area contributed by atoms with Gasteiger partial charge in [-0.2, -0.15) is 5.10 Å². The predicted molar refractivity (Wildman–Crippen MR) is 110 cm³/mol. The van der Waals surface area contributed by atoms with Crippen LogP contribution in [-0.2, 0) is 13.5 Å². The van der Waals surface area contributed by atoms with Crippen molar-refractivity contribution in [1.82, 2.24) is 19.2 Å². The van der Waals surface area contributed by atoms with E-state index in [0.29, 0.717) is 0 Å². The van der Waals surface area contributed by atoms with Gasteiger partial charge in [0.25, 0.3) is 0 Å². The Morgan fingerprint density at radius 3 is 2.44 bits per heavy atom. The monoisotopic (exact) mass is 352 g/mol. The van der Waals surface area contributed by atoms with Gasteiger partial charge >= 0.3 is 0 Å². The topological polar surface area (TPSA) is 35.1 Å². The Hall–Kier alpha value is -3.40. The Morgan fingerprint density at radius 2 is 1.67 bits per heavy atom. The van der Waals surface area contributed by atoms with Gasteiger partial charge in [0.05, 0.1) is 16.9 Å². The molecule has 0 unspecified atom stereocenters. The number of imidazole rings is 1. The molecule has 0 N–H and O–H groups in total. The number of aryl methyl sites for hydroxylation is 2. The van der Waals surface area contributed by atoms with Crippen LogP contribution in [0.15, 0.2) is 73.1 Å². The molecule has 132 valence electrons. The first kappa shape index (κ1) is 15.8. The van der Waals surface area contributed by atoms with Gasteiger partial charge in [0.1, 0.15) is 5.65 Å². The third-order valence-corrected chi connectivity index (χ3v) is 5.14. The first-order valence-corrected chi connectivity index (χ1v) is 9.23. The van der Waals surface area contributed by atoms with Crippen LogP contribution in [0.3, 0.4) is 0 Å². The molecule has 0 radical (unpaired) electrons. The maximum Gasteiger partial charge on any atom is 0.137 e. The largest absolute Gasteiger partial charge is 0.306 e. The summed E-state index contributed by atoms with van der Waals surface area (Å²) < 4.78 is 4.02. The minimum atomic E-state index is 0.949. The van der Waals surface area contributed by atoms with Crippen molar-refractivity contribution in [3.8, 4) is 22.4 Å². The maximum atomic E-state index is 4.70. The van der Waals surface area contributed by atoms with Gasteiger partial charge in [0.2, 0.25) is 0 Å². The zero-order valence-electron chi connectivity index (χ0n) is 15.4. The molecule has 0 aliphatic carbocycles. The van der Waals surface area contributed by atoms with Crippen molar-refractivity contribution in [2.75, 3.05) is 0 Å². The lowest BCUT2D eigenvalue weighted by atomic mass is 10.0. The van der Waals surface area contributed by atoms with Crippen LogP contribution in [0.5, 0.6) is 0 Å². The second kappa shape index (κ2) is 6.09. The Bertz CT molecular complexity index is 1230. The molecule has 3 heterocycles. The molecular weight excluding hydrogens is 332 g/mol. The molecule has 5 aromatic rings. The van der Waals surface area contributed by atoms with Crippen molar-refractivity contribution in [2.24, 2.45) is 7.05 Å². The van der Waals surface area contributed by atoms with E-state index in [4.69, 9.17) is 4.98 Å². The SMILES string of the molecule is CCc1nn(C)c2cc(-c3ccc(-c4cn5ccccc5n4)cc3)ccc12. The number of pyridine rings is 1. The lowest BCUT2D eigenvalue weighted by Crippen LogP contribution is -1.90. The highest BCUT2D eigenvalue weighted by atomic mass is 15.3. The average molecular weight is 352 g/mol. The molecule has 2 aromatic carbocycles. The van der Waals surface area contributed by atoms with Crippen molar-refractivity contribution in [1.29, 1.82) is 0 Å². The molecule has 0 amide bonds. The lowest BCUT2D eigenvalue weighted by molar-refractivity contribution is 0.770. The van der Waals surface area contributed by atoms with Gasteiger partial charge in [0, 0.05) is 30.4 Å². The molecule has 3 aromatic heterocycles. The summed E-state index contributed by atoms with van der Waals surface area (Å²) in [5, 5.41) is 5.86. The van der Waals surface area contributed by atoms with E-state index in [1.54, 1.807) is 0 Å². The predicted octanol–water partition coefficient (Wildman–Crippen LogP) is 5.12. The molecule has 0 fully saturated rings. The Labute approximate surface area is 157 Å². The van der Waals surface area contributed by atoms with Gasteiger partial charge in [-0.1, -0.05) is 49.4 Å². The van der Waals surface area contributed by atoms with E-state index >= 15 is 0 Å². The lowest BCUT2D eigenvalue weighted by Gasteiger charge is -2.04. The zero-order chi connectivity index (χ0) is 18.4. The Kier molecular flexibility index (Phi) is 3.57. The molecule has 5 rings (SSSR count). The van der Waals surface area contributed by atoms with Crippen molar-refractivity contribution in [3.05, 3.63) is 78.8 Å². The van der Waals surface area contributed by atoms with Crippen molar-refractivity contribution in [3.63, 3.8) is 0 Å². The number of nitrogens with zero attached hydrogens (tertiary/aromatic N) is 4. The fraction of sp³-hybridized carbons (Fsp3) is 0.130. The van der Waals surface area contributed by atoms with Gasteiger partial charge in [-0.15, -0.1) is 0 Å². The van der Waals surface area contributed by atoms with Crippen molar-refractivity contribution in [2.45, 2.75) is 13.3 Å². The number of benzene rings is 2. The molecule has 0 spiro atoms. The molecule has 4 heteroatoms. The second-order valence-corrected chi connectivity index (χ2v) is 6.83. The molecule has 0 aliphatic heterocycles. The van der Waals surface area contributed by atoms with Crippen LogP contribution >= 0.6 is 0 Å². The quantitative estimate of drug-likeness (QED) is 0.452. The fourth-order valence-electron chi connectivity index (χ4n) is 3.68. The summed E-state index contributed by atoms with van der Waals surface area (Å²) in [4.78, 5) is 4.70. The smallest absolute Gasteiger partial charge is 0.137 e. The highest BCUT2D eigenvalue weighted by Crippen LogP contribution is 2.28. The number of hydrogen-bond donors (Lipinski definition) is 0. The van der Waals surface area contributed by atoms with Gasteiger partial charge in [-0.3, -0.25) is 4.68 Å². The number of hydrogen-bond acceptors (Lipinski definition) is 2. The van der Waals surface area contributed by atoms with Gasteiger partial charge in [-0.25, -0.2) is 4.98 Å². The van der Waals surface area contributed by atoms with Crippen LogP contribution in [0.4, 0.5) is 0 Å². The minimum Gasteiger partial charge on any atom is -0.306 e. The van der Waals surface area contributed by atoms with Crippen LogP contribution in [0.25, 0.3) is 38.9 Å². The summed E-state index contributed by atoms with van der Waals surface area (Å²) in [7, 11) is 2.01. The maximum absolute atomic E-state index is 4.70. The first-order valence-electron chi connectivity index (χ1n) is 9.23. The molecule has 0 saturated heterocycles. The fourth-order valence-corrected chi connectivity index (χ4v) is 3.68. The van der Waals surface area contributed by atoms with E-state index in [0.717, 1.165) is 29.0 Å². The van der Waals surface area contributed by atoms with E-state index in [-0.39, 0.29) is 0 Å². The molecule has 27 heavy (non-hydrogen) atoms. The first-order chi connectivity index (χ1) is 13.2. The average Bonchev–Trinajstić information content (AvgIpc) is 3.29. The summed E-state index contributed by atoms with van der Waals surface area (Å²) in [5.74, 6) is 0. The Morgan fingerprint density at radius 1 is 0.889 bits per heavy atom. The van der Waals surface area contributed by atoms with E-state index in [1.165, 1.54) is 22.0 Å². The third-order valence-electron chi connectivity index (χ3n) is 5.14. The van der Waals surface area contributed by atoms with Crippen LogP contribution in [0.2, 0.25) is 0 Å². The third kappa shape index (κ3) is 2.61.